The summed E-state index contributed by atoms with van der Waals surface area (Å²) in [6, 6.07) is 26.1. The van der Waals surface area contributed by atoms with Gasteiger partial charge in [-0.1, -0.05) is 72.8 Å². The first-order chi connectivity index (χ1) is 15.5. The molecule has 0 radical (unpaired) electrons. The number of rotatable bonds is 10. The van der Waals surface area contributed by atoms with Crippen molar-refractivity contribution in [2.45, 2.75) is 45.2 Å². The molecule has 0 aliphatic carbocycles. The summed E-state index contributed by atoms with van der Waals surface area (Å²) >= 11 is 0. The van der Waals surface area contributed by atoms with E-state index in [2.05, 4.69) is 0 Å². The number of benzene rings is 3. The molecule has 0 aliphatic heterocycles. The zero-order valence-electron chi connectivity index (χ0n) is 18.8. The summed E-state index contributed by atoms with van der Waals surface area (Å²) in [6.07, 6.45) is -1.36. The van der Waals surface area contributed by atoms with Crippen LogP contribution in [-0.2, 0) is 22.6 Å². The highest BCUT2D eigenvalue weighted by atomic mass is 16.5. The molecule has 1 N–H and O–H groups in total. The molecule has 0 spiro atoms. The van der Waals surface area contributed by atoms with Crippen LogP contribution in [-0.4, -0.2) is 35.2 Å². The lowest BCUT2D eigenvalue weighted by Gasteiger charge is -2.34. The lowest BCUT2D eigenvalue weighted by atomic mass is 9.99. The molecule has 2 atom stereocenters. The molecule has 3 rings (SSSR count). The van der Waals surface area contributed by atoms with Gasteiger partial charge in [-0.2, -0.15) is 0 Å². The van der Waals surface area contributed by atoms with Crippen LogP contribution in [0.25, 0.3) is 0 Å². The van der Waals surface area contributed by atoms with Crippen molar-refractivity contribution in [1.82, 2.24) is 4.90 Å². The molecular weight excluding hydrogens is 402 g/mol. The minimum Gasteiger partial charge on any atom is -0.497 e. The second kappa shape index (κ2) is 11.5. The molecule has 32 heavy (non-hydrogen) atoms. The molecule has 5 heteroatoms. The Bertz CT molecular complexity index is 916. The fraction of sp³-hybridized carbons (Fsp3) is 0.296. The Morgan fingerprint density at radius 3 is 1.78 bits per heavy atom. The number of carbonyl (C=O) groups excluding carboxylic acids is 1. The highest BCUT2D eigenvalue weighted by molar-refractivity contribution is 5.77. The molecule has 0 aliphatic rings. The first-order valence-electron chi connectivity index (χ1n) is 10.8. The Kier molecular flexibility index (Phi) is 8.42. The Balaban J connectivity index is 1.98. The summed E-state index contributed by atoms with van der Waals surface area (Å²) in [5.41, 5.74) is 2.73. The maximum absolute atomic E-state index is 13.3. The molecular formula is C27H31NO4. The van der Waals surface area contributed by atoms with Crippen molar-refractivity contribution in [1.29, 1.82) is 0 Å². The zero-order chi connectivity index (χ0) is 22.9. The van der Waals surface area contributed by atoms with Crippen molar-refractivity contribution < 1.29 is 19.4 Å². The van der Waals surface area contributed by atoms with Crippen LogP contribution in [0.3, 0.4) is 0 Å². The third kappa shape index (κ3) is 6.42. The molecule has 0 aromatic heterocycles. The second-order valence-corrected chi connectivity index (χ2v) is 8.02. The van der Waals surface area contributed by atoms with Crippen LogP contribution in [0.4, 0.5) is 0 Å². The SMILES string of the molecule is COc1ccc([C@H](O)[C@@H](C(=O)OC(C)C)N(Cc2ccccc2)Cc2ccccc2)cc1. The first-order valence-corrected chi connectivity index (χ1v) is 10.8. The Morgan fingerprint density at radius 1 is 0.844 bits per heavy atom. The Hall–Kier alpha value is -3.15. The Labute approximate surface area is 190 Å². The van der Waals surface area contributed by atoms with Crippen LogP contribution in [0.1, 0.15) is 36.6 Å². The maximum atomic E-state index is 13.3. The standard InChI is InChI=1S/C27H31NO4/c1-20(2)32-27(30)25(26(29)23-14-16-24(31-3)17-15-23)28(18-21-10-6-4-7-11-21)19-22-12-8-5-9-13-22/h4-17,20,25-26,29H,18-19H2,1-3H3/t25-,26-/m0/s1. The number of esters is 1. The molecule has 5 nitrogen and oxygen atoms in total. The molecule has 0 heterocycles. The summed E-state index contributed by atoms with van der Waals surface area (Å²) in [6.45, 7) is 4.60. The van der Waals surface area contributed by atoms with Crippen molar-refractivity contribution in [2.24, 2.45) is 0 Å². The summed E-state index contributed by atoms with van der Waals surface area (Å²) in [5, 5.41) is 11.4. The van der Waals surface area contributed by atoms with E-state index in [0.717, 1.165) is 11.1 Å². The molecule has 3 aromatic carbocycles. The number of carbonyl (C=O) groups is 1. The Morgan fingerprint density at radius 2 is 1.34 bits per heavy atom. The van der Waals surface area contributed by atoms with E-state index in [9.17, 15) is 9.90 Å². The van der Waals surface area contributed by atoms with Gasteiger partial charge >= 0.3 is 5.97 Å². The number of ether oxygens (including phenoxy) is 2. The lowest BCUT2D eigenvalue weighted by Crippen LogP contribution is -2.46. The lowest BCUT2D eigenvalue weighted by molar-refractivity contribution is -0.159. The minimum atomic E-state index is -1.07. The van der Waals surface area contributed by atoms with Gasteiger partial charge in [-0.15, -0.1) is 0 Å². The van der Waals surface area contributed by atoms with Crippen molar-refractivity contribution in [3.8, 4) is 5.75 Å². The summed E-state index contributed by atoms with van der Waals surface area (Å²) in [5.74, 6) is 0.239. The largest absolute Gasteiger partial charge is 0.497 e. The smallest absolute Gasteiger partial charge is 0.326 e. The maximum Gasteiger partial charge on any atom is 0.326 e. The third-order valence-corrected chi connectivity index (χ3v) is 5.20. The molecule has 0 bridgehead atoms. The van der Waals surface area contributed by atoms with E-state index >= 15 is 0 Å². The van der Waals surface area contributed by atoms with Crippen LogP contribution in [0, 0.1) is 0 Å². The average Bonchev–Trinajstić information content (AvgIpc) is 2.80. The fourth-order valence-electron chi connectivity index (χ4n) is 3.65. The van der Waals surface area contributed by atoms with E-state index in [-0.39, 0.29) is 6.10 Å². The van der Waals surface area contributed by atoms with Gasteiger partial charge in [-0.05, 0) is 42.7 Å². The number of nitrogens with zero attached hydrogens (tertiary/aromatic N) is 1. The van der Waals surface area contributed by atoms with Gasteiger partial charge in [-0.25, -0.2) is 0 Å². The molecule has 0 amide bonds. The van der Waals surface area contributed by atoms with Gasteiger partial charge in [0.05, 0.1) is 13.2 Å². The molecule has 0 fully saturated rings. The normalized spacial score (nSPS) is 13.1. The van der Waals surface area contributed by atoms with Gasteiger partial charge < -0.3 is 14.6 Å². The number of hydrogen-bond donors (Lipinski definition) is 1. The quantitative estimate of drug-likeness (QED) is 0.468. The molecule has 168 valence electrons. The van der Waals surface area contributed by atoms with E-state index in [0.29, 0.717) is 24.4 Å². The predicted molar refractivity (Wildman–Crippen MR) is 125 cm³/mol. The predicted octanol–water partition coefficient (Wildman–Crippen LogP) is 4.75. The van der Waals surface area contributed by atoms with Gasteiger partial charge in [0.2, 0.25) is 0 Å². The number of aliphatic hydroxyl groups is 1. The van der Waals surface area contributed by atoms with Crippen LogP contribution < -0.4 is 4.74 Å². The number of hydrogen-bond acceptors (Lipinski definition) is 5. The van der Waals surface area contributed by atoms with E-state index < -0.39 is 18.1 Å². The van der Waals surface area contributed by atoms with Crippen molar-refractivity contribution >= 4 is 5.97 Å². The number of aliphatic hydroxyl groups excluding tert-OH is 1. The summed E-state index contributed by atoms with van der Waals surface area (Å²) < 4.78 is 10.8. The van der Waals surface area contributed by atoms with Gasteiger partial charge in [0, 0.05) is 13.1 Å². The molecule has 0 saturated heterocycles. The van der Waals surface area contributed by atoms with Crippen molar-refractivity contribution in [3.63, 3.8) is 0 Å². The van der Waals surface area contributed by atoms with Gasteiger partial charge in [-0.3, -0.25) is 9.69 Å². The van der Waals surface area contributed by atoms with Crippen molar-refractivity contribution in [3.05, 3.63) is 102 Å². The zero-order valence-corrected chi connectivity index (χ0v) is 18.8. The van der Waals surface area contributed by atoms with Crippen LogP contribution >= 0.6 is 0 Å². The topological polar surface area (TPSA) is 59.0 Å². The van der Waals surface area contributed by atoms with E-state index in [1.54, 1.807) is 31.4 Å². The monoisotopic (exact) mass is 433 g/mol. The van der Waals surface area contributed by atoms with Crippen LogP contribution in [0.2, 0.25) is 0 Å². The summed E-state index contributed by atoms with van der Waals surface area (Å²) in [7, 11) is 1.59. The van der Waals surface area contributed by atoms with E-state index in [4.69, 9.17) is 9.47 Å². The first kappa shape index (κ1) is 23.5. The number of methoxy groups -OCH3 is 1. The third-order valence-electron chi connectivity index (χ3n) is 5.20. The molecule has 0 saturated carbocycles. The minimum absolute atomic E-state index is 0.289. The van der Waals surface area contributed by atoms with Crippen LogP contribution in [0.5, 0.6) is 5.75 Å². The fourth-order valence-corrected chi connectivity index (χ4v) is 3.65. The average molecular weight is 434 g/mol. The van der Waals surface area contributed by atoms with Gasteiger partial charge in [0.15, 0.2) is 0 Å². The van der Waals surface area contributed by atoms with Gasteiger partial charge in [0.25, 0.3) is 0 Å². The molecule has 0 unspecified atom stereocenters. The molecule has 3 aromatic rings. The van der Waals surface area contributed by atoms with Gasteiger partial charge in [0.1, 0.15) is 17.9 Å². The van der Waals surface area contributed by atoms with Crippen LogP contribution in [0.15, 0.2) is 84.9 Å². The highest BCUT2D eigenvalue weighted by Crippen LogP contribution is 2.27. The van der Waals surface area contributed by atoms with E-state index in [1.807, 2.05) is 79.4 Å². The highest BCUT2D eigenvalue weighted by Gasteiger charge is 2.36. The second-order valence-electron chi connectivity index (χ2n) is 8.02. The van der Waals surface area contributed by atoms with Crippen molar-refractivity contribution in [2.75, 3.05) is 7.11 Å². The summed E-state index contributed by atoms with van der Waals surface area (Å²) in [4.78, 5) is 15.2. The van der Waals surface area contributed by atoms with E-state index in [1.165, 1.54) is 0 Å².